The quantitative estimate of drug-likeness (QED) is 0.164. The Bertz CT molecular complexity index is 2620. The molecule has 0 atom stereocenters. The fraction of sp³-hybridized carbons (Fsp3) is 0.0556. The fourth-order valence-corrected chi connectivity index (χ4v) is 8.32. The smallest absolute Gasteiger partial charge is 0.164 e. The predicted molar refractivity (Wildman–Crippen MR) is 236 cm³/mol. The van der Waals surface area contributed by atoms with E-state index in [0.717, 1.165) is 33.4 Å². The summed E-state index contributed by atoms with van der Waals surface area (Å²) in [4.78, 5) is 15.7. The van der Waals surface area contributed by atoms with Crippen molar-refractivity contribution in [3.05, 3.63) is 235 Å². The molecule has 9 aromatic rings. The topological polar surface area (TPSA) is 38.7 Å². The zero-order chi connectivity index (χ0) is 38.6. The Morgan fingerprint density at radius 2 is 0.632 bits per heavy atom. The van der Waals surface area contributed by atoms with E-state index in [1.54, 1.807) is 0 Å². The van der Waals surface area contributed by atoms with Crippen LogP contribution in [0.4, 0.5) is 0 Å². The molecule has 0 saturated heterocycles. The predicted octanol–water partition coefficient (Wildman–Crippen LogP) is 13.6. The van der Waals surface area contributed by atoms with Gasteiger partial charge in [0.1, 0.15) is 0 Å². The minimum absolute atomic E-state index is 0.524. The molecule has 0 saturated carbocycles. The molecule has 1 aliphatic carbocycles. The van der Waals surface area contributed by atoms with Crippen molar-refractivity contribution in [2.75, 3.05) is 0 Å². The molecule has 0 unspecified atom stereocenters. The average Bonchev–Trinajstić information content (AvgIpc) is 3.62. The maximum atomic E-state index is 5.29. The van der Waals surface area contributed by atoms with E-state index >= 15 is 0 Å². The van der Waals surface area contributed by atoms with Crippen LogP contribution in [0.25, 0.3) is 67.5 Å². The molecule has 3 nitrogen and oxygen atoms in total. The van der Waals surface area contributed by atoms with Crippen LogP contribution >= 0.6 is 0 Å². The maximum Gasteiger partial charge on any atom is 0.164 e. The van der Waals surface area contributed by atoms with Gasteiger partial charge in [-0.25, -0.2) is 15.0 Å². The van der Waals surface area contributed by atoms with E-state index in [1.807, 2.05) is 26.0 Å². The van der Waals surface area contributed by atoms with Gasteiger partial charge < -0.3 is 0 Å². The molecule has 0 radical (unpaired) electrons. The minimum atomic E-state index is -0.524. The summed E-state index contributed by atoms with van der Waals surface area (Å²) < 4.78 is 0. The van der Waals surface area contributed by atoms with Gasteiger partial charge in [0.2, 0.25) is 0 Å². The number of aromatic nitrogens is 3. The summed E-state index contributed by atoms with van der Waals surface area (Å²) in [6.45, 7) is 4.00. The van der Waals surface area contributed by atoms with Crippen LogP contribution in [0.3, 0.4) is 0 Å². The number of fused-ring (bicyclic) bond motifs is 3. The number of hydrogen-bond donors (Lipinski definition) is 0. The number of hydrogen-bond acceptors (Lipinski definition) is 3. The molecule has 1 aliphatic rings. The SMILES string of the molecule is CC.c1ccc(-c2ccc(-c3nc(-c4ccc(-c5ccccc5)cc4)nc(-c4cccc5c4-c4ccccc4C5(c4ccccc4)c4ccccc4)n3)cc2)cc1. The van der Waals surface area contributed by atoms with Crippen molar-refractivity contribution in [3.8, 4) is 67.5 Å². The van der Waals surface area contributed by atoms with Gasteiger partial charge in [-0.2, -0.15) is 0 Å². The minimum Gasteiger partial charge on any atom is -0.208 e. The van der Waals surface area contributed by atoms with Crippen molar-refractivity contribution in [2.24, 2.45) is 0 Å². The summed E-state index contributed by atoms with van der Waals surface area (Å²) in [5.74, 6) is 1.91. The van der Waals surface area contributed by atoms with Crippen molar-refractivity contribution < 1.29 is 0 Å². The van der Waals surface area contributed by atoms with Crippen LogP contribution in [0.15, 0.2) is 212 Å². The van der Waals surface area contributed by atoms with Crippen LogP contribution in [0.2, 0.25) is 0 Å². The Kier molecular flexibility index (Phi) is 9.64. The van der Waals surface area contributed by atoms with Crippen LogP contribution < -0.4 is 0 Å². The van der Waals surface area contributed by atoms with Gasteiger partial charge in [-0.15, -0.1) is 0 Å². The fourth-order valence-electron chi connectivity index (χ4n) is 8.32. The molecule has 0 fully saturated rings. The molecule has 0 aliphatic heterocycles. The number of benzene rings is 8. The highest BCUT2D eigenvalue weighted by Gasteiger charge is 2.47. The first-order valence-corrected chi connectivity index (χ1v) is 19.7. The van der Waals surface area contributed by atoms with E-state index in [9.17, 15) is 0 Å². The van der Waals surface area contributed by atoms with Gasteiger partial charge in [0.15, 0.2) is 17.5 Å². The van der Waals surface area contributed by atoms with Crippen LogP contribution in [-0.4, -0.2) is 15.0 Å². The third-order valence-corrected chi connectivity index (χ3v) is 10.9. The molecule has 8 aromatic carbocycles. The lowest BCUT2D eigenvalue weighted by Gasteiger charge is -2.33. The van der Waals surface area contributed by atoms with Crippen molar-refractivity contribution in [2.45, 2.75) is 19.3 Å². The lowest BCUT2D eigenvalue weighted by atomic mass is 9.67. The summed E-state index contributed by atoms with van der Waals surface area (Å²) in [5, 5.41) is 0. The average molecular weight is 732 g/mol. The van der Waals surface area contributed by atoms with E-state index in [4.69, 9.17) is 15.0 Å². The Labute approximate surface area is 335 Å². The first kappa shape index (κ1) is 35.5. The van der Waals surface area contributed by atoms with Gasteiger partial charge in [-0.3, -0.25) is 0 Å². The molecule has 3 heteroatoms. The van der Waals surface area contributed by atoms with Crippen LogP contribution in [0, 0.1) is 0 Å². The summed E-state index contributed by atoms with van der Waals surface area (Å²) in [6.07, 6.45) is 0. The molecule has 1 aromatic heterocycles. The third kappa shape index (κ3) is 6.33. The Morgan fingerprint density at radius 3 is 1.12 bits per heavy atom. The second-order valence-electron chi connectivity index (χ2n) is 13.9. The Morgan fingerprint density at radius 1 is 0.281 bits per heavy atom. The molecule has 0 amide bonds. The first-order valence-electron chi connectivity index (χ1n) is 19.7. The number of rotatable bonds is 7. The van der Waals surface area contributed by atoms with Crippen molar-refractivity contribution >= 4 is 0 Å². The first-order chi connectivity index (χ1) is 28.3. The van der Waals surface area contributed by atoms with Gasteiger partial charge in [0.25, 0.3) is 0 Å². The summed E-state index contributed by atoms with van der Waals surface area (Å²) in [6, 6.07) is 75.1. The van der Waals surface area contributed by atoms with Gasteiger partial charge >= 0.3 is 0 Å². The van der Waals surface area contributed by atoms with Gasteiger partial charge in [0, 0.05) is 16.7 Å². The van der Waals surface area contributed by atoms with Crippen molar-refractivity contribution in [1.82, 2.24) is 15.0 Å². The zero-order valence-electron chi connectivity index (χ0n) is 32.0. The molecule has 0 bridgehead atoms. The Hall–Kier alpha value is -7.23. The molecule has 0 spiro atoms. The molecule has 57 heavy (non-hydrogen) atoms. The van der Waals surface area contributed by atoms with Crippen molar-refractivity contribution in [3.63, 3.8) is 0 Å². The van der Waals surface area contributed by atoms with Gasteiger partial charge in [-0.05, 0) is 55.6 Å². The van der Waals surface area contributed by atoms with E-state index in [-0.39, 0.29) is 0 Å². The molecule has 10 rings (SSSR count). The van der Waals surface area contributed by atoms with Crippen LogP contribution in [0.5, 0.6) is 0 Å². The lowest BCUT2D eigenvalue weighted by molar-refractivity contribution is 0.768. The van der Waals surface area contributed by atoms with Crippen LogP contribution in [0.1, 0.15) is 36.1 Å². The van der Waals surface area contributed by atoms with Crippen molar-refractivity contribution in [1.29, 1.82) is 0 Å². The van der Waals surface area contributed by atoms with E-state index in [1.165, 1.54) is 38.9 Å². The highest BCUT2D eigenvalue weighted by atomic mass is 15.0. The summed E-state index contributed by atoms with van der Waals surface area (Å²) in [7, 11) is 0. The highest BCUT2D eigenvalue weighted by Crippen LogP contribution is 2.58. The van der Waals surface area contributed by atoms with E-state index in [2.05, 4.69) is 200 Å². The second kappa shape index (κ2) is 15.5. The molecule has 272 valence electrons. The monoisotopic (exact) mass is 731 g/mol. The third-order valence-electron chi connectivity index (χ3n) is 10.9. The summed E-state index contributed by atoms with van der Waals surface area (Å²) >= 11 is 0. The normalized spacial score (nSPS) is 12.2. The van der Waals surface area contributed by atoms with Gasteiger partial charge in [-0.1, -0.05) is 226 Å². The lowest BCUT2D eigenvalue weighted by Crippen LogP contribution is -2.28. The number of nitrogens with zero attached hydrogens (tertiary/aromatic N) is 3. The largest absolute Gasteiger partial charge is 0.208 e. The standard InChI is InChI=1S/C52H35N3.C2H6/c1-5-16-36(17-6-1)38-28-32-40(33-29-38)49-53-50(41-34-30-39(31-35-41)37-18-7-2-8-19-37)55-51(54-49)45-25-15-27-47-48(45)44-24-13-14-26-46(44)52(47,42-20-9-3-10-21-42)43-22-11-4-12-23-43;1-2/h1-35H;1-2H3. The molecule has 1 heterocycles. The van der Waals surface area contributed by atoms with E-state index in [0.29, 0.717) is 17.5 Å². The molecular weight excluding hydrogens is 691 g/mol. The zero-order valence-corrected chi connectivity index (χ0v) is 32.0. The maximum absolute atomic E-state index is 5.29. The summed E-state index contributed by atoms with van der Waals surface area (Å²) in [5.41, 5.74) is 14.2. The molecular formula is C54H41N3. The second-order valence-corrected chi connectivity index (χ2v) is 13.9. The highest BCUT2D eigenvalue weighted by molar-refractivity contribution is 5.94. The van der Waals surface area contributed by atoms with E-state index < -0.39 is 5.41 Å². The Balaban J connectivity index is 0.00000208. The molecule has 0 N–H and O–H groups in total. The van der Waals surface area contributed by atoms with Gasteiger partial charge in [0.05, 0.1) is 5.41 Å². The van der Waals surface area contributed by atoms with Crippen LogP contribution in [-0.2, 0) is 5.41 Å².